The maximum absolute atomic E-state index is 11.8. The molecule has 1 amide bonds. The summed E-state index contributed by atoms with van der Waals surface area (Å²) in [5, 5.41) is 2.91. The van der Waals surface area contributed by atoms with Gasteiger partial charge in [-0.05, 0) is 18.2 Å². The van der Waals surface area contributed by atoms with E-state index in [4.69, 9.17) is 4.74 Å². The van der Waals surface area contributed by atoms with E-state index in [1.54, 1.807) is 22.9 Å². The van der Waals surface area contributed by atoms with Gasteiger partial charge in [-0.15, -0.1) is 11.3 Å². The molecule has 1 aliphatic rings. The highest BCUT2D eigenvalue weighted by atomic mass is 32.1. The molecule has 1 fully saturated rings. The van der Waals surface area contributed by atoms with Crippen LogP contribution in [0.2, 0.25) is 0 Å². The highest BCUT2D eigenvalue weighted by Crippen LogP contribution is 2.19. The standard InChI is InChI=1S/C11H10N2O2S/c14-11(13-8-4-15-5-8)7-1-2-9-10(3-7)16-6-12-9/h1-3,6,8H,4-5H2,(H,13,14). The van der Waals surface area contributed by atoms with Gasteiger partial charge < -0.3 is 10.1 Å². The predicted octanol–water partition coefficient (Wildman–Crippen LogP) is 1.42. The second kappa shape index (κ2) is 3.84. The molecule has 82 valence electrons. The minimum atomic E-state index is -0.0383. The largest absolute Gasteiger partial charge is 0.377 e. The summed E-state index contributed by atoms with van der Waals surface area (Å²) in [6, 6.07) is 5.72. The molecule has 0 aliphatic carbocycles. The predicted molar refractivity (Wildman–Crippen MR) is 61.7 cm³/mol. The number of thiazole rings is 1. The minimum Gasteiger partial charge on any atom is -0.377 e. The number of ether oxygens (including phenoxy) is 1. The normalized spacial score (nSPS) is 16.0. The van der Waals surface area contributed by atoms with Crippen LogP contribution in [0.1, 0.15) is 10.4 Å². The van der Waals surface area contributed by atoms with Crippen LogP contribution in [-0.4, -0.2) is 30.1 Å². The van der Waals surface area contributed by atoms with Gasteiger partial charge in [0.2, 0.25) is 0 Å². The van der Waals surface area contributed by atoms with Crippen LogP contribution in [0.3, 0.4) is 0 Å². The molecule has 2 aromatic rings. The Hall–Kier alpha value is -1.46. The quantitative estimate of drug-likeness (QED) is 0.855. The van der Waals surface area contributed by atoms with Crippen LogP contribution in [0, 0.1) is 0 Å². The highest BCUT2D eigenvalue weighted by molar-refractivity contribution is 7.16. The maximum Gasteiger partial charge on any atom is 0.251 e. The lowest BCUT2D eigenvalue weighted by atomic mass is 10.1. The molecule has 5 heteroatoms. The summed E-state index contributed by atoms with van der Waals surface area (Å²) < 4.78 is 6.05. The van der Waals surface area contributed by atoms with Gasteiger partial charge in [0.25, 0.3) is 5.91 Å². The van der Waals surface area contributed by atoms with Gasteiger partial charge in [-0.1, -0.05) is 0 Å². The minimum absolute atomic E-state index is 0.0383. The smallest absolute Gasteiger partial charge is 0.251 e. The summed E-state index contributed by atoms with van der Waals surface area (Å²) >= 11 is 1.54. The number of carbonyl (C=O) groups is 1. The van der Waals surface area contributed by atoms with Crippen molar-refractivity contribution in [3.05, 3.63) is 29.3 Å². The second-order valence-electron chi connectivity index (χ2n) is 3.74. The molecule has 0 spiro atoms. The molecule has 1 N–H and O–H groups in total. The van der Waals surface area contributed by atoms with Crippen molar-refractivity contribution in [2.24, 2.45) is 0 Å². The Morgan fingerprint density at radius 1 is 1.50 bits per heavy atom. The average molecular weight is 234 g/mol. The highest BCUT2D eigenvalue weighted by Gasteiger charge is 2.21. The van der Waals surface area contributed by atoms with Crippen molar-refractivity contribution in [3.63, 3.8) is 0 Å². The van der Waals surface area contributed by atoms with E-state index in [0.29, 0.717) is 18.8 Å². The van der Waals surface area contributed by atoms with E-state index in [0.717, 1.165) is 10.2 Å². The van der Waals surface area contributed by atoms with E-state index < -0.39 is 0 Å². The number of fused-ring (bicyclic) bond motifs is 1. The van der Waals surface area contributed by atoms with E-state index in [1.165, 1.54) is 0 Å². The van der Waals surface area contributed by atoms with E-state index >= 15 is 0 Å². The maximum atomic E-state index is 11.8. The Morgan fingerprint density at radius 2 is 2.38 bits per heavy atom. The zero-order valence-corrected chi connectivity index (χ0v) is 9.29. The molecule has 1 aromatic heterocycles. The van der Waals surface area contributed by atoms with Crippen molar-refractivity contribution in [1.82, 2.24) is 10.3 Å². The summed E-state index contributed by atoms with van der Waals surface area (Å²) in [5.74, 6) is -0.0383. The fraction of sp³-hybridized carbons (Fsp3) is 0.273. The number of amides is 1. The third-order valence-corrected chi connectivity index (χ3v) is 3.36. The van der Waals surface area contributed by atoms with Crippen LogP contribution in [-0.2, 0) is 4.74 Å². The first-order valence-corrected chi connectivity index (χ1v) is 5.93. The molecule has 4 nitrogen and oxygen atoms in total. The van der Waals surface area contributed by atoms with Crippen molar-refractivity contribution in [1.29, 1.82) is 0 Å². The molecule has 16 heavy (non-hydrogen) atoms. The molecule has 1 aliphatic heterocycles. The van der Waals surface area contributed by atoms with Gasteiger partial charge in [0.1, 0.15) is 0 Å². The van der Waals surface area contributed by atoms with E-state index in [9.17, 15) is 4.79 Å². The third-order valence-electron chi connectivity index (χ3n) is 2.57. The van der Waals surface area contributed by atoms with Gasteiger partial charge in [0, 0.05) is 5.56 Å². The summed E-state index contributed by atoms with van der Waals surface area (Å²) in [5.41, 5.74) is 3.41. The van der Waals surface area contributed by atoms with Gasteiger partial charge in [0.05, 0.1) is 35.0 Å². The molecular formula is C11H10N2O2S. The first kappa shape index (κ1) is 9.74. The molecule has 0 bridgehead atoms. The molecule has 3 rings (SSSR count). The fourth-order valence-electron chi connectivity index (χ4n) is 1.58. The second-order valence-corrected chi connectivity index (χ2v) is 4.63. The van der Waals surface area contributed by atoms with Crippen molar-refractivity contribution in [2.45, 2.75) is 6.04 Å². The monoisotopic (exact) mass is 234 g/mol. The zero-order chi connectivity index (χ0) is 11.0. The molecule has 2 heterocycles. The molecular weight excluding hydrogens is 224 g/mol. The summed E-state index contributed by atoms with van der Waals surface area (Å²) in [6.07, 6.45) is 0. The Labute approximate surface area is 96.3 Å². The molecule has 0 unspecified atom stereocenters. The molecule has 0 atom stereocenters. The van der Waals surface area contributed by atoms with Crippen LogP contribution in [0.5, 0.6) is 0 Å². The van der Waals surface area contributed by atoms with Crippen molar-refractivity contribution < 1.29 is 9.53 Å². The van der Waals surface area contributed by atoms with Crippen LogP contribution in [0.15, 0.2) is 23.7 Å². The van der Waals surface area contributed by atoms with E-state index in [-0.39, 0.29) is 11.9 Å². The SMILES string of the molecule is O=C(NC1COC1)c1ccc2ncsc2c1. The number of rotatable bonds is 2. The van der Waals surface area contributed by atoms with Crippen molar-refractivity contribution in [2.75, 3.05) is 13.2 Å². The van der Waals surface area contributed by atoms with Gasteiger partial charge in [-0.25, -0.2) is 4.98 Å². The number of nitrogens with one attached hydrogen (secondary N) is 1. The van der Waals surface area contributed by atoms with Crippen LogP contribution < -0.4 is 5.32 Å². The number of benzene rings is 1. The molecule has 0 saturated carbocycles. The molecule has 1 saturated heterocycles. The molecule has 0 radical (unpaired) electrons. The summed E-state index contributed by atoms with van der Waals surface area (Å²) in [6.45, 7) is 1.24. The summed E-state index contributed by atoms with van der Waals surface area (Å²) in [4.78, 5) is 16.0. The first-order valence-electron chi connectivity index (χ1n) is 5.05. The van der Waals surface area contributed by atoms with Crippen LogP contribution in [0.25, 0.3) is 10.2 Å². The van der Waals surface area contributed by atoms with E-state index in [2.05, 4.69) is 10.3 Å². The van der Waals surface area contributed by atoms with Gasteiger partial charge >= 0.3 is 0 Å². The topological polar surface area (TPSA) is 51.2 Å². The number of carbonyl (C=O) groups excluding carboxylic acids is 1. The number of hydrogen-bond acceptors (Lipinski definition) is 4. The van der Waals surface area contributed by atoms with Gasteiger partial charge in [-0.3, -0.25) is 4.79 Å². The zero-order valence-electron chi connectivity index (χ0n) is 8.47. The Morgan fingerprint density at radius 3 is 3.12 bits per heavy atom. The lowest BCUT2D eigenvalue weighted by Gasteiger charge is -2.26. The number of nitrogens with zero attached hydrogens (tertiary/aromatic N) is 1. The molecule has 1 aromatic carbocycles. The Kier molecular flexibility index (Phi) is 2.34. The number of aromatic nitrogens is 1. The van der Waals surface area contributed by atoms with E-state index in [1.807, 2.05) is 12.1 Å². The first-order chi connectivity index (χ1) is 7.83. The van der Waals surface area contributed by atoms with Crippen LogP contribution in [0.4, 0.5) is 0 Å². The van der Waals surface area contributed by atoms with Gasteiger partial charge in [0.15, 0.2) is 0 Å². The summed E-state index contributed by atoms with van der Waals surface area (Å²) in [7, 11) is 0. The van der Waals surface area contributed by atoms with Crippen LogP contribution >= 0.6 is 11.3 Å². The van der Waals surface area contributed by atoms with Crippen molar-refractivity contribution >= 4 is 27.5 Å². The Bertz CT molecular complexity index is 534. The third kappa shape index (κ3) is 1.68. The lowest BCUT2D eigenvalue weighted by Crippen LogP contribution is -2.48. The Balaban J connectivity index is 1.83. The lowest BCUT2D eigenvalue weighted by molar-refractivity contribution is -0.00346. The number of hydrogen-bond donors (Lipinski definition) is 1. The van der Waals surface area contributed by atoms with Crippen molar-refractivity contribution in [3.8, 4) is 0 Å². The van der Waals surface area contributed by atoms with Gasteiger partial charge in [-0.2, -0.15) is 0 Å². The average Bonchev–Trinajstić information content (AvgIpc) is 2.69. The fourth-order valence-corrected chi connectivity index (χ4v) is 2.30.